The van der Waals surface area contributed by atoms with Gasteiger partial charge in [-0.25, -0.2) is 14.6 Å². The Balaban J connectivity index is 1.64. The Bertz CT molecular complexity index is 1110. The van der Waals surface area contributed by atoms with Crippen LogP contribution in [0.4, 0.5) is 5.82 Å². The van der Waals surface area contributed by atoms with E-state index in [0.717, 1.165) is 37.6 Å². The fourth-order valence-corrected chi connectivity index (χ4v) is 3.64. The molecule has 10 heteroatoms. The van der Waals surface area contributed by atoms with Crippen molar-refractivity contribution in [2.45, 2.75) is 13.8 Å². The number of aromatic nitrogens is 5. The molecule has 0 unspecified atom stereocenters. The fraction of sp³-hybridized carbons (Fsp3) is 0.409. The van der Waals surface area contributed by atoms with Crippen molar-refractivity contribution >= 4 is 11.7 Å². The van der Waals surface area contributed by atoms with Gasteiger partial charge in [0.2, 0.25) is 5.91 Å². The van der Waals surface area contributed by atoms with E-state index in [2.05, 4.69) is 42.2 Å². The number of nitrogens with zero attached hydrogens (tertiary/aromatic N) is 7. The highest BCUT2D eigenvalue weighted by Crippen LogP contribution is 2.23. The summed E-state index contributed by atoms with van der Waals surface area (Å²) in [4.78, 5) is 30.6. The molecule has 0 bridgehead atoms. The highest BCUT2D eigenvalue weighted by atomic mass is 16.5. The first-order chi connectivity index (χ1) is 15.4. The molecule has 4 rings (SSSR count). The van der Waals surface area contributed by atoms with Gasteiger partial charge in [-0.1, -0.05) is 0 Å². The number of rotatable bonds is 6. The number of ether oxygens (including phenoxy) is 1. The normalized spacial score (nSPS) is 15.0. The van der Waals surface area contributed by atoms with Gasteiger partial charge in [-0.2, -0.15) is 5.10 Å². The van der Waals surface area contributed by atoms with Crippen LogP contribution in [-0.2, 0) is 4.79 Å². The van der Waals surface area contributed by atoms with Crippen molar-refractivity contribution in [3.63, 3.8) is 0 Å². The molecule has 1 amide bonds. The maximum atomic E-state index is 12.7. The van der Waals surface area contributed by atoms with Crippen LogP contribution in [0.2, 0.25) is 0 Å². The smallest absolute Gasteiger partial charge is 0.239 e. The van der Waals surface area contributed by atoms with E-state index in [1.165, 1.54) is 0 Å². The number of pyridine rings is 1. The summed E-state index contributed by atoms with van der Waals surface area (Å²) in [5, 5.41) is 7.47. The molecule has 0 spiro atoms. The minimum absolute atomic E-state index is 0.109. The third-order valence-electron chi connectivity index (χ3n) is 5.38. The van der Waals surface area contributed by atoms with Crippen LogP contribution >= 0.6 is 0 Å². The molecule has 1 saturated heterocycles. The summed E-state index contributed by atoms with van der Waals surface area (Å²) in [7, 11) is 3.67. The van der Waals surface area contributed by atoms with Crippen molar-refractivity contribution in [3.8, 4) is 23.0 Å². The topological polar surface area (TPSA) is 101 Å². The number of amides is 1. The minimum atomic E-state index is -0.109. The molecule has 168 valence electrons. The van der Waals surface area contributed by atoms with E-state index in [4.69, 9.17) is 4.74 Å². The summed E-state index contributed by atoms with van der Waals surface area (Å²) in [5.41, 5.74) is 2.50. The maximum absolute atomic E-state index is 12.7. The first kappa shape index (κ1) is 21.8. The van der Waals surface area contributed by atoms with Crippen LogP contribution in [0.15, 0.2) is 30.6 Å². The lowest BCUT2D eigenvalue weighted by molar-refractivity contribution is -0.117. The van der Waals surface area contributed by atoms with E-state index >= 15 is 0 Å². The number of carbonyl (C=O) groups excluding carboxylic acids is 1. The third kappa shape index (κ3) is 5.09. The second kappa shape index (κ2) is 9.41. The zero-order valence-electron chi connectivity index (χ0n) is 18.9. The van der Waals surface area contributed by atoms with Gasteiger partial charge in [0, 0.05) is 49.7 Å². The molecule has 1 aliphatic heterocycles. The van der Waals surface area contributed by atoms with Crippen LogP contribution in [0.5, 0.6) is 5.75 Å². The average Bonchev–Trinajstić information content (AvgIpc) is 3.13. The Morgan fingerprint density at radius 3 is 2.56 bits per heavy atom. The maximum Gasteiger partial charge on any atom is 0.239 e. The molecule has 32 heavy (non-hydrogen) atoms. The third-order valence-corrected chi connectivity index (χ3v) is 5.38. The number of aryl methyl sites for hydroxylation is 2. The first-order valence-electron chi connectivity index (χ1n) is 10.5. The Morgan fingerprint density at radius 1 is 1.09 bits per heavy atom. The molecular formula is C22H28N8O2. The molecule has 1 N–H and O–H groups in total. The summed E-state index contributed by atoms with van der Waals surface area (Å²) >= 11 is 0. The van der Waals surface area contributed by atoms with E-state index in [1.54, 1.807) is 30.3 Å². The van der Waals surface area contributed by atoms with Gasteiger partial charge in [-0.3, -0.25) is 14.7 Å². The summed E-state index contributed by atoms with van der Waals surface area (Å²) in [6.45, 7) is 7.85. The van der Waals surface area contributed by atoms with E-state index in [9.17, 15) is 4.79 Å². The molecule has 0 atom stereocenters. The van der Waals surface area contributed by atoms with Gasteiger partial charge in [-0.15, -0.1) is 0 Å². The number of carbonyl (C=O) groups is 1. The molecule has 10 nitrogen and oxygen atoms in total. The number of hydrogen-bond donors (Lipinski definition) is 1. The van der Waals surface area contributed by atoms with Gasteiger partial charge < -0.3 is 15.0 Å². The van der Waals surface area contributed by atoms with Gasteiger partial charge >= 0.3 is 0 Å². The predicted octanol–water partition coefficient (Wildman–Crippen LogP) is 1.54. The molecule has 0 aliphatic carbocycles. The molecule has 3 aromatic heterocycles. The second-order valence-electron chi connectivity index (χ2n) is 8.01. The quantitative estimate of drug-likeness (QED) is 0.621. The summed E-state index contributed by atoms with van der Waals surface area (Å²) < 4.78 is 7.03. The van der Waals surface area contributed by atoms with Crippen molar-refractivity contribution in [2.24, 2.45) is 0 Å². The zero-order valence-corrected chi connectivity index (χ0v) is 18.9. The largest absolute Gasteiger partial charge is 0.495 e. The van der Waals surface area contributed by atoms with Crippen LogP contribution in [0.25, 0.3) is 17.2 Å². The summed E-state index contributed by atoms with van der Waals surface area (Å²) in [5.74, 6) is 1.90. The molecule has 1 fully saturated rings. The standard InChI is InChI=1S/C22H28N8O2/c1-15-9-16(2)30(27-15)20-11-19(24-21(31)14-29-7-5-28(3)6-8-29)25-22(26-20)17-10-18(32-4)13-23-12-17/h9-13H,5-8,14H2,1-4H3,(H,24,25,26,31). The highest BCUT2D eigenvalue weighted by molar-refractivity contribution is 5.91. The number of methoxy groups -OCH3 is 1. The number of likely N-dealkylation sites (N-methyl/N-ethyl adjacent to an activating group) is 1. The van der Waals surface area contributed by atoms with Gasteiger partial charge in [0.05, 0.1) is 25.5 Å². The first-order valence-corrected chi connectivity index (χ1v) is 10.5. The van der Waals surface area contributed by atoms with Crippen LogP contribution in [0, 0.1) is 13.8 Å². The van der Waals surface area contributed by atoms with E-state index in [1.807, 2.05) is 26.0 Å². The summed E-state index contributed by atoms with van der Waals surface area (Å²) in [6.07, 6.45) is 3.28. The van der Waals surface area contributed by atoms with Gasteiger partial charge in [0.25, 0.3) is 0 Å². The lowest BCUT2D eigenvalue weighted by Crippen LogP contribution is -2.47. The Hall–Kier alpha value is -3.37. The van der Waals surface area contributed by atoms with E-state index in [0.29, 0.717) is 35.3 Å². The van der Waals surface area contributed by atoms with Crippen molar-refractivity contribution in [2.75, 3.05) is 52.2 Å². The lowest BCUT2D eigenvalue weighted by Gasteiger charge is -2.31. The molecular weight excluding hydrogens is 408 g/mol. The monoisotopic (exact) mass is 436 g/mol. The number of hydrogen-bond acceptors (Lipinski definition) is 8. The molecule has 0 aromatic carbocycles. The number of piperazine rings is 1. The van der Waals surface area contributed by atoms with E-state index < -0.39 is 0 Å². The molecule has 3 aromatic rings. The lowest BCUT2D eigenvalue weighted by atomic mass is 10.2. The van der Waals surface area contributed by atoms with Crippen LogP contribution in [0.3, 0.4) is 0 Å². The van der Waals surface area contributed by atoms with Crippen molar-refractivity contribution in [1.29, 1.82) is 0 Å². The number of nitrogens with one attached hydrogen (secondary N) is 1. The minimum Gasteiger partial charge on any atom is -0.495 e. The number of anilines is 1. The Labute approximate surface area is 187 Å². The van der Waals surface area contributed by atoms with Crippen molar-refractivity contribution in [1.82, 2.24) is 34.5 Å². The van der Waals surface area contributed by atoms with Crippen molar-refractivity contribution < 1.29 is 9.53 Å². The zero-order chi connectivity index (χ0) is 22.7. The van der Waals surface area contributed by atoms with Gasteiger partial charge in [0.15, 0.2) is 11.6 Å². The molecule has 0 saturated carbocycles. The average molecular weight is 437 g/mol. The molecule has 0 radical (unpaired) electrons. The molecule has 4 heterocycles. The Kier molecular flexibility index (Phi) is 6.42. The highest BCUT2D eigenvalue weighted by Gasteiger charge is 2.18. The second-order valence-corrected chi connectivity index (χ2v) is 8.01. The predicted molar refractivity (Wildman–Crippen MR) is 121 cm³/mol. The fourth-order valence-electron chi connectivity index (χ4n) is 3.64. The summed E-state index contributed by atoms with van der Waals surface area (Å²) in [6, 6.07) is 5.52. The van der Waals surface area contributed by atoms with Crippen LogP contribution in [-0.4, -0.2) is 87.3 Å². The van der Waals surface area contributed by atoms with E-state index in [-0.39, 0.29) is 5.91 Å². The SMILES string of the molecule is COc1cncc(-c2nc(NC(=O)CN3CCN(C)CC3)cc(-n3nc(C)cc3C)n2)c1. The van der Waals surface area contributed by atoms with Crippen LogP contribution in [0.1, 0.15) is 11.4 Å². The van der Waals surface area contributed by atoms with Crippen LogP contribution < -0.4 is 10.1 Å². The molecule has 1 aliphatic rings. The van der Waals surface area contributed by atoms with Gasteiger partial charge in [0.1, 0.15) is 11.6 Å². The Morgan fingerprint density at radius 2 is 1.88 bits per heavy atom. The van der Waals surface area contributed by atoms with Gasteiger partial charge in [-0.05, 0) is 33.0 Å². The van der Waals surface area contributed by atoms with Crippen molar-refractivity contribution in [3.05, 3.63) is 42.0 Å².